The Morgan fingerprint density at radius 3 is 2.37 bits per heavy atom. The van der Waals surface area contributed by atoms with Gasteiger partial charge in [0.05, 0.1) is 39.8 Å². The summed E-state index contributed by atoms with van der Waals surface area (Å²) in [4.78, 5) is 19.8. The standard InChI is InChI=1S/C26H31N3O5S/c1-31-20-9-5-8-19(16-20)27-26-29(13-7-12-28-11-6-10-24(28)30)21(17-35-26)18-14-22(32-2)25(34-4)23(15-18)33-3/h5,8-9,14-17H,6-7,10-13H2,1-4H3. The molecule has 186 valence electrons. The Morgan fingerprint density at radius 1 is 0.971 bits per heavy atom. The molecule has 2 heterocycles. The number of thiazole rings is 1. The molecule has 3 aromatic rings. The van der Waals surface area contributed by atoms with E-state index in [2.05, 4.69) is 9.95 Å². The van der Waals surface area contributed by atoms with Crippen molar-refractivity contribution in [2.45, 2.75) is 25.8 Å². The molecule has 1 amide bonds. The van der Waals surface area contributed by atoms with Crippen LogP contribution in [0.1, 0.15) is 19.3 Å². The third kappa shape index (κ3) is 5.45. The molecule has 1 fully saturated rings. The molecule has 1 saturated heterocycles. The van der Waals surface area contributed by atoms with E-state index in [0.717, 1.165) is 53.4 Å². The van der Waals surface area contributed by atoms with Gasteiger partial charge < -0.3 is 28.4 Å². The minimum Gasteiger partial charge on any atom is -0.497 e. The first-order valence-corrected chi connectivity index (χ1v) is 12.4. The number of carbonyl (C=O) groups excluding carboxylic acids is 1. The number of amides is 1. The number of benzene rings is 2. The minimum absolute atomic E-state index is 0.242. The third-order valence-electron chi connectivity index (χ3n) is 6.02. The molecule has 0 bridgehead atoms. The van der Waals surface area contributed by atoms with Gasteiger partial charge >= 0.3 is 0 Å². The molecule has 9 heteroatoms. The number of carbonyl (C=O) groups is 1. The third-order valence-corrected chi connectivity index (χ3v) is 6.88. The van der Waals surface area contributed by atoms with Crippen molar-refractivity contribution in [2.75, 3.05) is 41.5 Å². The highest BCUT2D eigenvalue weighted by Crippen LogP contribution is 2.41. The van der Waals surface area contributed by atoms with E-state index in [1.54, 1.807) is 39.8 Å². The summed E-state index contributed by atoms with van der Waals surface area (Å²) in [7, 11) is 6.46. The van der Waals surface area contributed by atoms with Crippen LogP contribution in [0.25, 0.3) is 11.3 Å². The lowest BCUT2D eigenvalue weighted by atomic mass is 10.1. The maximum absolute atomic E-state index is 12.1. The SMILES string of the molecule is COc1cccc(N=c2scc(-c3cc(OC)c(OC)c(OC)c3)n2CCCN2CCCC2=O)c1. The molecule has 0 unspecified atom stereocenters. The number of nitrogens with zero attached hydrogens (tertiary/aromatic N) is 3. The maximum Gasteiger partial charge on any atom is 0.222 e. The molecule has 0 radical (unpaired) electrons. The first kappa shape index (κ1) is 24.7. The summed E-state index contributed by atoms with van der Waals surface area (Å²) in [6, 6.07) is 11.6. The van der Waals surface area contributed by atoms with Crippen LogP contribution in [0.15, 0.2) is 46.8 Å². The first-order chi connectivity index (χ1) is 17.1. The van der Waals surface area contributed by atoms with Gasteiger partial charge in [0.15, 0.2) is 16.3 Å². The van der Waals surface area contributed by atoms with Crippen molar-refractivity contribution in [2.24, 2.45) is 4.99 Å². The molecule has 0 atom stereocenters. The van der Waals surface area contributed by atoms with Crippen LogP contribution in [-0.4, -0.2) is 56.9 Å². The van der Waals surface area contributed by atoms with Crippen LogP contribution in [0.4, 0.5) is 5.69 Å². The zero-order chi connectivity index (χ0) is 24.8. The number of likely N-dealkylation sites (tertiary alicyclic amines) is 1. The van der Waals surface area contributed by atoms with Crippen LogP contribution in [-0.2, 0) is 11.3 Å². The highest BCUT2D eigenvalue weighted by molar-refractivity contribution is 7.07. The van der Waals surface area contributed by atoms with Crippen molar-refractivity contribution in [3.05, 3.63) is 46.6 Å². The van der Waals surface area contributed by atoms with Gasteiger partial charge in [0.1, 0.15) is 5.75 Å². The second-order valence-corrected chi connectivity index (χ2v) is 8.96. The first-order valence-electron chi connectivity index (χ1n) is 11.5. The van der Waals surface area contributed by atoms with Crippen LogP contribution in [0.3, 0.4) is 0 Å². The van der Waals surface area contributed by atoms with Crippen molar-refractivity contribution in [1.82, 2.24) is 9.47 Å². The largest absolute Gasteiger partial charge is 0.497 e. The van der Waals surface area contributed by atoms with Gasteiger partial charge in [0, 0.05) is 43.1 Å². The zero-order valence-corrected chi connectivity index (χ0v) is 21.4. The van der Waals surface area contributed by atoms with Crippen LogP contribution in [0.2, 0.25) is 0 Å². The lowest BCUT2D eigenvalue weighted by Gasteiger charge is -2.17. The monoisotopic (exact) mass is 497 g/mol. The molecule has 2 aromatic carbocycles. The molecular weight excluding hydrogens is 466 g/mol. The summed E-state index contributed by atoms with van der Waals surface area (Å²) in [5.41, 5.74) is 2.73. The Morgan fingerprint density at radius 2 is 1.74 bits per heavy atom. The number of methoxy groups -OCH3 is 4. The lowest BCUT2D eigenvalue weighted by Crippen LogP contribution is -2.27. The topological polar surface area (TPSA) is 74.5 Å². The minimum atomic E-state index is 0.242. The highest BCUT2D eigenvalue weighted by Gasteiger charge is 2.20. The van der Waals surface area contributed by atoms with Crippen molar-refractivity contribution < 1.29 is 23.7 Å². The average molecular weight is 498 g/mol. The van der Waals surface area contributed by atoms with Crippen LogP contribution >= 0.6 is 11.3 Å². The normalized spacial score (nSPS) is 13.9. The van der Waals surface area contributed by atoms with Gasteiger partial charge in [-0.2, -0.15) is 0 Å². The second kappa shape index (κ2) is 11.3. The molecule has 0 N–H and O–H groups in total. The van der Waals surface area contributed by atoms with E-state index in [0.29, 0.717) is 30.2 Å². The number of ether oxygens (including phenoxy) is 4. The average Bonchev–Trinajstić information content (AvgIpc) is 3.48. The predicted octanol–water partition coefficient (Wildman–Crippen LogP) is 4.50. The number of hydrogen-bond acceptors (Lipinski definition) is 7. The van der Waals surface area contributed by atoms with E-state index < -0.39 is 0 Å². The summed E-state index contributed by atoms with van der Waals surface area (Å²) < 4.78 is 24.2. The van der Waals surface area contributed by atoms with Gasteiger partial charge in [-0.05, 0) is 37.1 Å². The fraction of sp³-hybridized carbons (Fsp3) is 0.385. The molecule has 1 aliphatic rings. The van der Waals surface area contributed by atoms with E-state index in [1.165, 1.54) is 0 Å². The van der Waals surface area contributed by atoms with Crippen LogP contribution in [0, 0.1) is 0 Å². The molecule has 35 heavy (non-hydrogen) atoms. The summed E-state index contributed by atoms with van der Waals surface area (Å²) >= 11 is 1.56. The van der Waals surface area contributed by atoms with E-state index in [9.17, 15) is 4.79 Å². The Kier molecular flexibility index (Phi) is 7.97. The summed E-state index contributed by atoms with van der Waals surface area (Å²) in [6.45, 7) is 2.28. The molecule has 8 nitrogen and oxygen atoms in total. The van der Waals surface area contributed by atoms with Gasteiger partial charge in [-0.3, -0.25) is 4.79 Å². The van der Waals surface area contributed by atoms with Crippen LogP contribution < -0.4 is 23.7 Å². The fourth-order valence-corrected chi connectivity index (χ4v) is 5.20. The smallest absolute Gasteiger partial charge is 0.222 e. The Bertz CT molecular complexity index is 1220. The highest BCUT2D eigenvalue weighted by atomic mass is 32.1. The fourth-order valence-electron chi connectivity index (χ4n) is 4.25. The van der Waals surface area contributed by atoms with Gasteiger partial charge in [0.25, 0.3) is 0 Å². The van der Waals surface area contributed by atoms with E-state index >= 15 is 0 Å². The Balaban J connectivity index is 1.75. The molecule has 0 saturated carbocycles. The summed E-state index contributed by atoms with van der Waals surface area (Å²) in [5, 5.41) is 2.08. The van der Waals surface area contributed by atoms with E-state index in [-0.39, 0.29) is 5.91 Å². The molecule has 4 rings (SSSR count). The lowest BCUT2D eigenvalue weighted by molar-refractivity contribution is -0.127. The van der Waals surface area contributed by atoms with Gasteiger partial charge in [0.2, 0.25) is 11.7 Å². The number of aromatic nitrogens is 1. The quantitative estimate of drug-likeness (QED) is 0.412. The summed E-state index contributed by atoms with van der Waals surface area (Å²) in [6.07, 6.45) is 2.42. The molecular formula is C26H31N3O5S. The van der Waals surface area contributed by atoms with Crippen molar-refractivity contribution in [3.8, 4) is 34.3 Å². The van der Waals surface area contributed by atoms with Gasteiger partial charge in [-0.25, -0.2) is 4.99 Å². The van der Waals surface area contributed by atoms with Crippen molar-refractivity contribution in [3.63, 3.8) is 0 Å². The molecule has 1 aromatic heterocycles. The van der Waals surface area contributed by atoms with Crippen LogP contribution in [0.5, 0.6) is 23.0 Å². The van der Waals surface area contributed by atoms with Gasteiger partial charge in [-0.1, -0.05) is 6.07 Å². The molecule has 1 aliphatic heterocycles. The van der Waals surface area contributed by atoms with Crippen molar-refractivity contribution in [1.29, 1.82) is 0 Å². The molecule has 0 spiro atoms. The summed E-state index contributed by atoms with van der Waals surface area (Å²) in [5.74, 6) is 2.73. The second-order valence-electron chi connectivity index (χ2n) is 8.12. The Hall–Kier alpha value is -3.46. The number of rotatable bonds is 10. The molecule has 0 aliphatic carbocycles. The predicted molar refractivity (Wildman–Crippen MR) is 136 cm³/mol. The Labute approximate surface area is 209 Å². The van der Waals surface area contributed by atoms with Crippen molar-refractivity contribution >= 4 is 22.9 Å². The van der Waals surface area contributed by atoms with E-state index in [4.69, 9.17) is 23.9 Å². The number of hydrogen-bond donors (Lipinski definition) is 0. The van der Waals surface area contributed by atoms with Gasteiger partial charge in [-0.15, -0.1) is 11.3 Å². The van der Waals surface area contributed by atoms with E-state index in [1.807, 2.05) is 41.3 Å². The maximum atomic E-state index is 12.1. The zero-order valence-electron chi connectivity index (χ0n) is 20.6.